The number of hydrogen-bond acceptors (Lipinski definition) is 7. The second kappa shape index (κ2) is 6.33. The quantitative estimate of drug-likeness (QED) is 0.789. The Balaban J connectivity index is 1.49. The number of thiazole rings is 1. The molecular weight excluding hydrogens is 320 g/mol. The Morgan fingerprint density at radius 2 is 2.12 bits per heavy atom. The number of nitrogen functional groups attached to an aromatic ring is 1. The van der Waals surface area contributed by atoms with Gasteiger partial charge in [-0.25, -0.2) is 15.0 Å². The molecule has 0 radical (unpaired) electrons. The van der Waals surface area contributed by atoms with Gasteiger partial charge in [-0.3, -0.25) is 4.90 Å². The zero-order valence-corrected chi connectivity index (χ0v) is 14.4. The third-order valence-corrected chi connectivity index (χ3v) is 5.23. The van der Waals surface area contributed by atoms with Gasteiger partial charge in [0.1, 0.15) is 11.6 Å². The number of aromatic nitrogens is 3. The molecule has 24 heavy (non-hydrogen) atoms. The fourth-order valence-corrected chi connectivity index (χ4v) is 4.01. The van der Waals surface area contributed by atoms with Crippen LogP contribution in [0.5, 0.6) is 0 Å². The van der Waals surface area contributed by atoms with Gasteiger partial charge in [0.15, 0.2) is 5.13 Å². The van der Waals surface area contributed by atoms with Gasteiger partial charge in [0.2, 0.25) is 0 Å². The monoisotopic (exact) mass is 340 g/mol. The van der Waals surface area contributed by atoms with Crippen molar-refractivity contribution in [2.45, 2.75) is 19.5 Å². The minimum absolute atomic E-state index is 0.419. The van der Waals surface area contributed by atoms with Gasteiger partial charge >= 0.3 is 0 Å². The third-order valence-electron chi connectivity index (χ3n) is 4.42. The van der Waals surface area contributed by atoms with Crippen molar-refractivity contribution < 1.29 is 0 Å². The molecule has 4 rings (SSSR count). The Hall–Kier alpha value is -2.25. The largest absolute Gasteiger partial charge is 0.383 e. The topological polar surface area (TPSA) is 71.2 Å². The molecular formula is C17H20N6S. The minimum Gasteiger partial charge on any atom is -0.383 e. The summed E-state index contributed by atoms with van der Waals surface area (Å²) in [6.45, 7) is 5.88. The molecule has 7 heteroatoms. The maximum atomic E-state index is 6.09. The van der Waals surface area contributed by atoms with E-state index in [1.165, 1.54) is 0 Å². The zero-order chi connectivity index (χ0) is 16.5. The molecule has 6 nitrogen and oxygen atoms in total. The number of rotatable bonds is 3. The number of piperazine rings is 1. The summed E-state index contributed by atoms with van der Waals surface area (Å²) in [5.74, 6) is 1.35. The summed E-state index contributed by atoms with van der Waals surface area (Å²) in [7, 11) is 0. The normalized spacial score (nSPS) is 19.0. The van der Waals surface area contributed by atoms with E-state index in [2.05, 4.69) is 31.7 Å². The average Bonchev–Trinajstić information content (AvgIpc) is 3.09. The lowest BCUT2D eigenvalue weighted by atomic mass is 10.2. The number of hydrogen-bond donors (Lipinski definition) is 1. The predicted molar refractivity (Wildman–Crippen MR) is 98.1 cm³/mol. The number of nitrogens with zero attached hydrogens (tertiary/aromatic N) is 5. The van der Waals surface area contributed by atoms with E-state index in [-0.39, 0.29) is 0 Å². The highest BCUT2D eigenvalue weighted by molar-refractivity contribution is 7.13. The number of fused-ring (bicyclic) bond motifs is 1. The van der Waals surface area contributed by atoms with Gasteiger partial charge in [0, 0.05) is 42.6 Å². The molecule has 0 unspecified atom stereocenters. The van der Waals surface area contributed by atoms with Gasteiger partial charge in [-0.15, -0.1) is 11.3 Å². The van der Waals surface area contributed by atoms with E-state index in [0.29, 0.717) is 11.9 Å². The first kappa shape index (κ1) is 15.3. The lowest BCUT2D eigenvalue weighted by molar-refractivity contribution is 0.216. The van der Waals surface area contributed by atoms with Gasteiger partial charge in [-0.1, -0.05) is 12.1 Å². The highest BCUT2D eigenvalue weighted by Crippen LogP contribution is 2.23. The van der Waals surface area contributed by atoms with Crippen LogP contribution in [-0.2, 0) is 6.54 Å². The Kier molecular flexibility index (Phi) is 4.03. The highest BCUT2D eigenvalue weighted by Gasteiger charge is 2.25. The maximum Gasteiger partial charge on any atom is 0.185 e. The van der Waals surface area contributed by atoms with Crippen LogP contribution < -0.4 is 10.6 Å². The van der Waals surface area contributed by atoms with Crippen molar-refractivity contribution in [3.8, 4) is 0 Å². The fraction of sp³-hybridized carbons (Fsp3) is 0.353. The number of benzene rings is 1. The smallest absolute Gasteiger partial charge is 0.185 e. The van der Waals surface area contributed by atoms with E-state index in [0.717, 1.165) is 48.0 Å². The lowest BCUT2D eigenvalue weighted by Crippen LogP contribution is -2.51. The van der Waals surface area contributed by atoms with Crippen LogP contribution in [0.4, 0.5) is 10.9 Å². The van der Waals surface area contributed by atoms with E-state index in [9.17, 15) is 0 Å². The van der Waals surface area contributed by atoms with Gasteiger partial charge in [0.25, 0.3) is 0 Å². The number of nitrogens with two attached hydrogens (primary N) is 1. The van der Waals surface area contributed by atoms with Gasteiger partial charge in [-0.05, 0) is 19.1 Å². The van der Waals surface area contributed by atoms with Crippen LogP contribution in [0.3, 0.4) is 0 Å². The molecule has 0 bridgehead atoms. The van der Waals surface area contributed by atoms with Crippen molar-refractivity contribution in [1.82, 2.24) is 19.9 Å². The van der Waals surface area contributed by atoms with E-state index in [1.54, 1.807) is 11.3 Å². The van der Waals surface area contributed by atoms with Crippen molar-refractivity contribution in [1.29, 1.82) is 0 Å². The van der Waals surface area contributed by atoms with Crippen LogP contribution in [0, 0.1) is 0 Å². The Bertz CT molecular complexity index is 834. The molecule has 0 amide bonds. The summed E-state index contributed by atoms with van der Waals surface area (Å²) in [4.78, 5) is 18.3. The molecule has 3 heterocycles. The molecule has 2 aromatic heterocycles. The summed E-state index contributed by atoms with van der Waals surface area (Å²) in [6.07, 6.45) is 1.87. The van der Waals surface area contributed by atoms with Crippen LogP contribution in [-0.4, -0.2) is 45.5 Å². The second-order valence-electron chi connectivity index (χ2n) is 6.13. The molecule has 1 fully saturated rings. The predicted octanol–water partition coefficient (Wildman–Crippen LogP) is 2.38. The van der Waals surface area contributed by atoms with Crippen molar-refractivity contribution in [3.63, 3.8) is 0 Å². The number of para-hydroxylation sites is 1. The van der Waals surface area contributed by atoms with Gasteiger partial charge < -0.3 is 10.6 Å². The summed E-state index contributed by atoms with van der Waals surface area (Å²) in [6, 6.07) is 8.31. The van der Waals surface area contributed by atoms with Crippen molar-refractivity contribution in [3.05, 3.63) is 41.7 Å². The van der Waals surface area contributed by atoms with Crippen LogP contribution in [0.1, 0.15) is 12.7 Å². The van der Waals surface area contributed by atoms with E-state index < -0.39 is 0 Å². The van der Waals surface area contributed by atoms with E-state index in [1.807, 2.05) is 35.8 Å². The summed E-state index contributed by atoms with van der Waals surface area (Å²) < 4.78 is 0. The molecule has 1 aliphatic heterocycles. The zero-order valence-electron chi connectivity index (χ0n) is 13.6. The molecule has 1 atom stereocenters. The first-order chi connectivity index (χ1) is 11.7. The fourth-order valence-electron chi connectivity index (χ4n) is 3.24. The average molecular weight is 340 g/mol. The summed E-state index contributed by atoms with van der Waals surface area (Å²) in [5, 5.41) is 4.05. The SMILES string of the molecule is C[C@@H]1CN(Cc2nc(N)c3ccccc3n2)CCN1c1nccs1. The van der Waals surface area contributed by atoms with Crippen molar-refractivity contribution in [2.75, 3.05) is 30.3 Å². The van der Waals surface area contributed by atoms with Crippen LogP contribution >= 0.6 is 11.3 Å². The molecule has 0 saturated carbocycles. The molecule has 2 N–H and O–H groups in total. The van der Waals surface area contributed by atoms with Crippen LogP contribution in [0.25, 0.3) is 10.9 Å². The molecule has 0 spiro atoms. The van der Waals surface area contributed by atoms with Gasteiger partial charge in [0.05, 0.1) is 12.1 Å². The molecule has 3 aromatic rings. The second-order valence-corrected chi connectivity index (χ2v) is 7.01. The highest BCUT2D eigenvalue weighted by atomic mass is 32.1. The third kappa shape index (κ3) is 2.92. The lowest BCUT2D eigenvalue weighted by Gasteiger charge is -2.39. The molecule has 1 saturated heterocycles. The molecule has 1 aliphatic rings. The van der Waals surface area contributed by atoms with Crippen LogP contribution in [0.15, 0.2) is 35.8 Å². The molecule has 0 aliphatic carbocycles. The molecule has 124 valence electrons. The summed E-state index contributed by atoms with van der Waals surface area (Å²) in [5.41, 5.74) is 7.00. The minimum atomic E-state index is 0.419. The van der Waals surface area contributed by atoms with Crippen molar-refractivity contribution in [2.24, 2.45) is 0 Å². The van der Waals surface area contributed by atoms with E-state index >= 15 is 0 Å². The standard InChI is InChI=1S/C17H20N6S/c1-12-10-22(7-8-23(12)17-19-6-9-24-17)11-15-20-14-5-3-2-4-13(14)16(18)21-15/h2-6,9,12H,7-8,10-11H2,1H3,(H2,18,20,21)/t12-/m1/s1. The Morgan fingerprint density at radius 3 is 2.92 bits per heavy atom. The maximum absolute atomic E-state index is 6.09. The Labute approximate surface area is 145 Å². The first-order valence-corrected chi connectivity index (χ1v) is 8.98. The first-order valence-electron chi connectivity index (χ1n) is 8.10. The van der Waals surface area contributed by atoms with Crippen molar-refractivity contribution >= 4 is 33.2 Å². The van der Waals surface area contributed by atoms with Crippen LogP contribution in [0.2, 0.25) is 0 Å². The number of anilines is 2. The summed E-state index contributed by atoms with van der Waals surface area (Å²) >= 11 is 1.70. The van der Waals surface area contributed by atoms with E-state index in [4.69, 9.17) is 5.73 Å². The molecule has 1 aromatic carbocycles. The Morgan fingerprint density at radius 1 is 1.25 bits per heavy atom. The van der Waals surface area contributed by atoms with Gasteiger partial charge in [-0.2, -0.15) is 0 Å².